The third-order valence-corrected chi connectivity index (χ3v) is 3.56. The maximum Gasteiger partial charge on any atom is 0.131 e. The predicted molar refractivity (Wildman–Crippen MR) is 85.4 cm³/mol. The summed E-state index contributed by atoms with van der Waals surface area (Å²) in [5.74, 6) is 0.353. The van der Waals surface area contributed by atoms with Gasteiger partial charge in [-0.25, -0.2) is 0 Å². The molecule has 0 aromatic heterocycles. The first-order valence-corrected chi connectivity index (χ1v) is 6.84. The molecule has 3 rings (SSSR count). The molecule has 0 bridgehead atoms. The van der Waals surface area contributed by atoms with Crippen molar-refractivity contribution in [3.8, 4) is 33.8 Å². The van der Waals surface area contributed by atoms with Crippen molar-refractivity contribution in [2.45, 2.75) is 6.92 Å². The van der Waals surface area contributed by atoms with Crippen LogP contribution in [-0.2, 0) is 0 Å². The van der Waals surface area contributed by atoms with Gasteiger partial charge in [0.25, 0.3) is 0 Å². The molecular weight excluding hydrogens is 260 g/mol. The highest BCUT2D eigenvalue weighted by molar-refractivity contribution is 5.84. The van der Waals surface area contributed by atoms with Crippen LogP contribution in [0.1, 0.15) is 5.56 Å². The van der Waals surface area contributed by atoms with E-state index in [-0.39, 0.29) is 11.5 Å². The number of aromatic hydroxyl groups is 2. The van der Waals surface area contributed by atoms with E-state index in [2.05, 4.69) is 0 Å². The molecule has 2 heteroatoms. The van der Waals surface area contributed by atoms with Gasteiger partial charge >= 0.3 is 0 Å². The average molecular weight is 276 g/mol. The van der Waals surface area contributed by atoms with Gasteiger partial charge in [-0.2, -0.15) is 0 Å². The average Bonchev–Trinajstić information content (AvgIpc) is 2.51. The summed E-state index contributed by atoms with van der Waals surface area (Å²) < 4.78 is 0. The van der Waals surface area contributed by atoms with Gasteiger partial charge in [0.2, 0.25) is 0 Å². The smallest absolute Gasteiger partial charge is 0.131 e. The third kappa shape index (κ3) is 2.48. The lowest BCUT2D eigenvalue weighted by molar-refractivity contribution is 0.470. The van der Waals surface area contributed by atoms with Gasteiger partial charge < -0.3 is 10.2 Å². The van der Waals surface area contributed by atoms with Crippen molar-refractivity contribution < 1.29 is 10.2 Å². The van der Waals surface area contributed by atoms with E-state index in [1.165, 1.54) is 0 Å². The summed E-state index contributed by atoms with van der Waals surface area (Å²) in [6.07, 6.45) is 0. The molecule has 2 nitrogen and oxygen atoms in total. The highest BCUT2D eigenvalue weighted by atomic mass is 16.3. The fourth-order valence-corrected chi connectivity index (χ4v) is 2.48. The van der Waals surface area contributed by atoms with Crippen LogP contribution in [0.4, 0.5) is 0 Å². The number of phenolic OH excluding ortho intramolecular Hbond substituents is 2. The van der Waals surface area contributed by atoms with Crippen molar-refractivity contribution in [2.24, 2.45) is 0 Å². The van der Waals surface area contributed by atoms with Crippen LogP contribution in [0, 0.1) is 6.92 Å². The summed E-state index contributed by atoms with van der Waals surface area (Å²) in [6, 6.07) is 20.7. The van der Waals surface area contributed by atoms with Crippen LogP contribution in [0.5, 0.6) is 11.5 Å². The second kappa shape index (κ2) is 5.33. The zero-order valence-corrected chi connectivity index (χ0v) is 11.7. The minimum atomic E-state index is 0.168. The van der Waals surface area contributed by atoms with Gasteiger partial charge in [0, 0.05) is 16.7 Å². The molecule has 3 aromatic rings. The molecule has 0 fully saturated rings. The lowest BCUT2D eigenvalue weighted by Gasteiger charge is -2.12. The number of hydrogen-bond acceptors (Lipinski definition) is 2. The van der Waals surface area contributed by atoms with Gasteiger partial charge in [-0.05, 0) is 24.6 Å². The zero-order chi connectivity index (χ0) is 14.8. The summed E-state index contributed by atoms with van der Waals surface area (Å²) in [6.45, 7) is 1.96. The molecule has 0 atom stereocenters. The quantitative estimate of drug-likeness (QED) is 0.709. The lowest BCUT2D eigenvalue weighted by atomic mass is 9.96. The molecule has 0 aliphatic heterocycles. The van der Waals surface area contributed by atoms with E-state index in [9.17, 15) is 10.2 Å². The van der Waals surface area contributed by atoms with Gasteiger partial charge in [0.1, 0.15) is 11.5 Å². The van der Waals surface area contributed by atoms with Gasteiger partial charge in [-0.1, -0.05) is 60.2 Å². The van der Waals surface area contributed by atoms with Gasteiger partial charge in [-0.3, -0.25) is 0 Å². The molecule has 0 saturated carbocycles. The fourth-order valence-electron chi connectivity index (χ4n) is 2.48. The molecule has 3 aromatic carbocycles. The number of phenols is 2. The standard InChI is InChI=1S/C19H16O2/c1-13-10-11-18(20)17(12-13)16-9-5-8-15(19(16)21)14-6-3-2-4-7-14/h2-12,20-21H,1H3. The second-order valence-electron chi connectivity index (χ2n) is 5.09. The molecule has 0 radical (unpaired) electrons. The molecule has 0 spiro atoms. The molecule has 104 valence electrons. The van der Waals surface area contributed by atoms with Crippen molar-refractivity contribution in [1.82, 2.24) is 0 Å². The first kappa shape index (κ1) is 13.3. The Hall–Kier alpha value is -2.74. The van der Waals surface area contributed by atoms with Gasteiger partial charge in [0.15, 0.2) is 0 Å². The topological polar surface area (TPSA) is 40.5 Å². The van der Waals surface area contributed by atoms with Crippen molar-refractivity contribution in [3.05, 3.63) is 72.3 Å². The fraction of sp³-hybridized carbons (Fsp3) is 0.0526. The van der Waals surface area contributed by atoms with Gasteiger partial charge in [-0.15, -0.1) is 0 Å². The summed E-state index contributed by atoms with van der Waals surface area (Å²) >= 11 is 0. The summed E-state index contributed by atoms with van der Waals surface area (Å²) in [5, 5.41) is 20.7. The minimum absolute atomic E-state index is 0.168. The van der Waals surface area contributed by atoms with E-state index in [0.717, 1.165) is 16.7 Å². The Balaban J connectivity index is 2.20. The molecule has 0 aliphatic carbocycles. The van der Waals surface area contributed by atoms with Crippen LogP contribution in [-0.4, -0.2) is 10.2 Å². The Morgan fingerprint density at radius 1 is 0.667 bits per heavy atom. The largest absolute Gasteiger partial charge is 0.507 e. The first-order chi connectivity index (χ1) is 10.2. The number of aryl methyl sites for hydroxylation is 1. The van der Waals surface area contributed by atoms with Crippen LogP contribution in [0.2, 0.25) is 0 Å². The molecule has 0 unspecified atom stereocenters. The third-order valence-electron chi connectivity index (χ3n) is 3.56. The molecule has 2 N–H and O–H groups in total. The second-order valence-corrected chi connectivity index (χ2v) is 5.09. The molecule has 0 heterocycles. The maximum atomic E-state index is 10.6. The van der Waals surface area contributed by atoms with E-state index in [4.69, 9.17) is 0 Å². The van der Waals surface area contributed by atoms with E-state index in [1.54, 1.807) is 6.07 Å². The van der Waals surface area contributed by atoms with E-state index >= 15 is 0 Å². The van der Waals surface area contributed by atoms with Gasteiger partial charge in [0.05, 0.1) is 0 Å². The summed E-state index contributed by atoms with van der Waals surface area (Å²) in [4.78, 5) is 0. The van der Waals surface area contributed by atoms with Crippen LogP contribution < -0.4 is 0 Å². The Kier molecular flexibility index (Phi) is 3.36. The highest BCUT2D eigenvalue weighted by Crippen LogP contribution is 2.41. The monoisotopic (exact) mass is 276 g/mol. The normalized spacial score (nSPS) is 10.5. The molecule has 0 saturated heterocycles. The summed E-state index contributed by atoms with van der Waals surface area (Å²) in [7, 11) is 0. The molecule has 0 aliphatic rings. The van der Waals surface area contributed by atoms with Crippen molar-refractivity contribution in [3.63, 3.8) is 0 Å². The predicted octanol–water partition coefficient (Wildman–Crippen LogP) is 4.74. The zero-order valence-electron chi connectivity index (χ0n) is 11.7. The van der Waals surface area contributed by atoms with Crippen molar-refractivity contribution >= 4 is 0 Å². The summed E-state index contributed by atoms with van der Waals surface area (Å²) in [5.41, 5.74) is 4.02. The number of rotatable bonds is 2. The Morgan fingerprint density at radius 2 is 1.38 bits per heavy atom. The van der Waals surface area contributed by atoms with Crippen LogP contribution in [0.25, 0.3) is 22.3 Å². The Morgan fingerprint density at radius 3 is 2.14 bits per heavy atom. The molecular formula is C19H16O2. The van der Waals surface area contributed by atoms with E-state index < -0.39 is 0 Å². The van der Waals surface area contributed by atoms with Crippen LogP contribution in [0.3, 0.4) is 0 Å². The number of hydrogen-bond donors (Lipinski definition) is 2. The number of para-hydroxylation sites is 1. The molecule has 21 heavy (non-hydrogen) atoms. The van der Waals surface area contributed by atoms with E-state index in [0.29, 0.717) is 11.1 Å². The maximum absolute atomic E-state index is 10.6. The SMILES string of the molecule is Cc1ccc(O)c(-c2cccc(-c3ccccc3)c2O)c1. The van der Waals surface area contributed by atoms with Crippen LogP contribution in [0.15, 0.2) is 66.7 Å². The van der Waals surface area contributed by atoms with Crippen LogP contribution >= 0.6 is 0 Å². The van der Waals surface area contributed by atoms with Crippen molar-refractivity contribution in [2.75, 3.05) is 0 Å². The first-order valence-electron chi connectivity index (χ1n) is 6.84. The Labute approximate surface area is 123 Å². The highest BCUT2D eigenvalue weighted by Gasteiger charge is 2.13. The Bertz CT molecular complexity index is 777. The molecule has 0 amide bonds. The van der Waals surface area contributed by atoms with E-state index in [1.807, 2.05) is 67.6 Å². The lowest BCUT2D eigenvalue weighted by Crippen LogP contribution is -1.85. The minimum Gasteiger partial charge on any atom is -0.507 e. The van der Waals surface area contributed by atoms with Crippen molar-refractivity contribution in [1.29, 1.82) is 0 Å². The number of benzene rings is 3.